The normalized spacial score (nSPS) is 10.7. The molecule has 0 aliphatic carbocycles. The quantitative estimate of drug-likeness (QED) is 0.780. The summed E-state index contributed by atoms with van der Waals surface area (Å²) in [5.74, 6) is 1.84. The van der Waals surface area contributed by atoms with Gasteiger partial charge < -0.3 is 8.98 Å². The van der Waals surface area contributed by atoms with Gasteiger partial charge in [-0.25, -0.2) is 4.98 Å². The van der Waals surface area contributed by atoms with Crippen molar-refractivity contribution in [3.8, 4) is 0 Å². The highest BCUT2D eigenvalue weighted by Gasteiger charge is 2.08. The number of imidazole rings is 1. The zero-order valence-corrected chi connectivity index (χ0v) is 8.66. The van der Waals surface area contributed by atoms with Gasteiger partial charge in [-0.05, 0) is 19.1 Å². The lowest BCUT2D eigenvalue weighted by Gasteiger charge is -2.03. The molecule has 0 radical (unpaired) electrons. The Bertz CT molecular complexity index is 406. The van der Waals surface area contributed by atoms with Crippen molar-refractivity contribution in [1.82, 2.24) is 9.55 Å². The average molecular weight is 211 g/mol. The third-order valence-electron chi connectivity index (χ3n) is 2.12. The monoisotopic (exact) mass is 210 g/mol. The van der Waals surface area contributed by atoms with Crippen LogP contribution in [0.15, 0.2) is 29.0 Å². The minimum absolute atomic E-state index is 0.675. The number of nitrogens with zero attached hydrogens (tertiary/aromatic N) is 2. The molecule has 74 valence electrons. The zero-order chi connectivity index (χ0) is 9.97. The van der Waals surface area contributed by atoms with Crippen LogP contribution < -0.4 is 0 Å². The van der Waals surface area contributed by atoms with E-state index in [0.29, 0.717) is 11.6 Å². The van der Waals surface area contributed by atoms with Gasteiger partial charge in [-0.15, -0.1) is 0 Å². The van der Waals surface area contributed by atoms with E-state index in [-0.39, 0.29) is 0 Å². The Morgan fingerprint density at radius 3 is 3.07 bits per heavy atom. The van der Waals surface area contributed by atoms with E-state index >= 15 is 0 Å². The molecule has 0 amide bonds. The molecular weight excluding hydrogens is 200 g/mol. The van der Waals surface area contributed by atoms with E-state index in [1.807, 2.05) is 23.6 Å². The fraction of sp³-hybridized carbons (Fsp3) is 0.300. The average Bonchev–Trinajstić information content (AvgIpc) is 2.77. The van der Waals surface area contributed by atoms with Crippen LogP contribution in [0.5, 0.6) is 0 Å². The maximum absolute atomic E-state index is 5.96. The molecule has 0 aromatic carbocycles. The van der Waals surface area contributed by atoms with E-state index in [1.54, 1.807) is 12.5 Å². The van der Waals surface area contributed by atoms with E-state index in [1.165, 1.54) is 0 Å². The highest BCUT2D eigenvalue weighted by Crippen LogP contribution is 2.15. The first-order valence-corrected chi connectivity index (χ1v) is 4.91. The van der Waals surface area contributed by atoms with E-state index in [9.17, 15) is 0 Å². The molecule has 2 rings (SSSR count). The maximum atomic E-state index is 5.96. The minimum Gasteiger partial charge on any atom is -0.469 e. The molecule has 2 aromatic heterocycles. The van der Waals surface area contributed by atoms with Crippen molar-refractivity contribution in [2.45, 2.75) is 19.9 Å². The molecule has 0 bridgehead atoms. The Hall–Kier alpha value is -1.22. The van der Waals surface area contributed by atoms with Gasteiger partial charge in [-0.2, -0.15) is 0 Å². The molecule has 0 saturated carbocycles. The van der Waals surface area contributed by atoms with Gasteiger partial charge in [-0.1, -0.05) is 11.6 Å². The first kappa shape index (κ1) is 9.34. The number of hydrogen-bond donors (Lipinski definition) is 0. The van der Waals surface area contributed by atoms with E-state index < -0.39 is 0 Å². The summed E-state index contributed by atoms with van der Waals surface area (Å²) >= 11 is 5.96. The Balaban J connectivity index is 2.25. The molecule has 0 saturated heterocycles. The van der Waals surface area contributed by atoms with Crippen LogP contribution in [0, 0.1) is 0 Å². The topological polar surface area (TPSA) is 31.0 Å². The molecule has 0 fully saturated rings. The summed E-state index contributed by atoms with van der Waals surface area (Å²) in [6, 6.07) is 3.80. The third kappa shape index (κ3) is 1.68. The predicted octanol–water partition coefficient (Wildman–Crippen LogP) is 2.74. The number of aromatic nitrogens is 2. The number of hydrogen-bond acceptors (Lipinski definition) is 2. The van der Waals surface area contributed by atoms with E-state index in [0.717, 1.165) is 18.1 Å². The minimum atomic E-state index is 0.675. The number of halogens is 1. The fourth-order valence-corrected chi connectivity index (χ4v) is 1.70. The van der Waals surface area contributed by atoms with Crippen LogP contribution in [0.4, 0.5) is 0 Å². The molecule has 14 heavy (non-hydrogen) atoms. The van der Waals surface area contributed by atoms with Crippen LogP contribution in [0.3, 0.4) is 0 Å². The van der Waals surface area contributed by atoms with Gasteiger partial charge in [0.15, 0.2) is 0 Å². The molecule has 0 N–H and O–H groups in total. The van der Waals surface area contributed by atoms with Crippen molar-refractivity contribution >= 4 is 11.6 Å². The van der Waals surface area contributed by atoms with Gasteiger partial charge in [-0.3, -0.25) is 0 Å². The lowest BCUT2D eigenvalue weighted by atomic mass is 10.3. The molecule has 0 unspecified atom stereocenters. The van der Waals surface area contributed by atoms with Gasteiger partial charge in [0.25, 0.3) is 0 Å². The van der Waals surface area contributed by atoms with Crippen molar-refractivity contribution in [3.63, 3.8) is 0 Å². The van der Waals surface area contributed by atoms with Crippen molar-refractivity contribution in [1.29, 1.82) is 0 Å². The second-order valence-electron chi connectivity index (χ2n) is 3.00. The highest BCUT2D eigenvalue weighted by atomic mass is 35.5. The highest BCUT2D eigenvalue weighted by molar-refractivity contribution is 6.29. The summed E-state index contributed by atoms with van der Waals surface area (Å²) in [5, 5.41) is 0.675. The van der Waals surface area contributed by atoms with Crippen molar-refractivity contribution < 1.29 is 4.42 Å². The molecule has 2 heterocycles. The van der Waals surface area contributed by atoms with Crippen LogP contribution >= 0.6 is 11.6 Å². The largest absolute Gasteiger partial charge is 0.469 e. The Morgan fingerprint density at radius 1 is 1.57 bits per heavy atom. The van der Waals surface area contributed by atoms with Crippen LogP contribution in [0.1, 0.15) is 18.5 Å². The number of rotatable bonds is 3. The maximum Gasteiger partial charge on any atom is 0.128 e. The van der Waals surface area contributed by atoms with Gasteiger partial charge in [0.1, 0.15) is 16.7 Å². The first-order valence-electron chi connectivity index (χ1n) is 4.53. The summed E-state index contributed by atoms with van der Waals surface area (Å²) in [6.45, 7) is 2.87. The van der Waals surface area contributed by atoms with Gasteiger partial charge in [0.05, 0.1) is 18.9 Å². The molecule has 3 nitrogen and oxygen atoms in total. The smallest absolute Gasteiger partial charge is 0.128 e. The first-order chi connectivity index (χ1) is 6.81. The summed E-state index contributed by atoms with van der Waals surface area (Å²) in [7, 11) is 0. The zero-order valence-electron chi connectivity index (χ0n) is 7.90. The lowest BCUT2D eigenvalue weighted by Crippen LogP contribution is -2.02. The van der Waals surface area contributed by atoms with Gasteiger partial charge in [0, 0.05) is 6.54 Å². The number of furan rings is 1. The van der Waals surface area contributed by atoms with Crippen LogP contribution in [0.25, 0.3) is 0 Å². The Kier molecular flexibility index (Phi) is 2.59. The molecule has 4 heteroatoms. The molecule has 0 aliphatic heterocycles. The van der Waals surface area contributed by atoms with Gasteiger partial charge in [0.2, 0.25) is 0 Å². The van der Waals surface area contributed by atoms with Crippen LogP contribution in [-0.2, 0) is 13.0 Å². The second kappa shape index (κ2) is 3.88. The molecule has 0 atom stereocenters. The van der Waals surface area contributed by atoms with Crippen LogP contribution in [-0.4, -0.2) is 9.55 Å². The molecular formula is C10H11ClN2O. The third-order valence-corrected chi connectivity index (χ3v) is 2.42. The predicted molar refractivity (Wildman–Crippen MR) is 54.4 cm³/mol. The SMILES string of the molecule is CCn1c(Cl)cnc1Cc1ccco1. The lowest BCUT2D eigenvalue weighted by molar-refractivity contribution is 0.512. The van der Waals surface area contributed by atoms with Crippen molar-refractivity contribution in [3.05, 3.63) is 41.3 Å². The van der Waals surface area contributed by atoms with Crippen LogP contribution in [0.2, 0.25) is 5.15 Å². The van der Waals surface area contributed by atoms with Crippen molar-refractivity contribution in [2.24, 2.45) is 0 Å². The fourth-order valence-electron chi connectivity index (χ4n) is 1.43. The molecule has 0 spiro atoms. The van der Waals surface area contributed by atoms with Gasteiger partial charge >= 0.3 is 0 Å². The Labute approximate surface area is 87.3 Å². The summed E-state index contributed by atoms with van der Waals surface area (Å²) in [6.07, 6.45) is 4.02. The Morgan fingerprint density at radius 2 is 2.43 bits per heavy atom. The second-order valence-corrected chi connectivity index (χ2v) is 3.38. The van der Waals surface area contributed by atoms with Crippen molar-refractivity contribution in [2.75, 3.05) is 0 Å². The van der Waals surface area contributed by atoms with E-state index in [4.69, 9.17) is 16.0 Å². The summed E-state index contributed by atoms with van der Waals surface area (Å²) in [5.41, 5.74) is 0. The molecule has 2 aromatic rings. The summed E-state index contributed by atoms with van der Waals surface area (Å²) < 4.78 is 7.21. The molecule has 0 aliphatic rings. The summed E-state index contributed by atoms with van der Waals surface area (Å²) in [4.78, 5) is 4.23. The van der Waals surface area contributed by atoms with E-state index in [2.05, 4.69) is 4.98 Å². The standard InChI is InChI=1S/C10H11ClN2O/c1-2-13-9(11)7-12-10(13)6-8-4-3-5-14-8/h3-5,7H,2,6H2,1H3.